The molecule has 1 aliphatic carbocycles. The maximum atomic E-state index is 13.5. The lowest BCUT2D eigenvalue weighted by Crippen LogP contribution is -2.42. The third-order valence-electron chi connectivity index (χ3n) is 6.27. The molecule has 1 aliphatic rings. The van der Waals surface area contributed by atoms with Crippen molar-refractivity contribution >= 4 is 46.7 Å². The van der Waals surface area contributed by atoms with Crippen LogP contribution in [0, 0.1) is 0 Å². The Balaban J connectivity index is 1.54. The monoisotopic (exact) mass is 595 g/mol. The summed E-state index contributed by atoms with van der Waals surface area (Å²) in [7, 11) is -3.19. The molecule has 15 heteroatoms. The van der Waals surface area contributed by atoms with Crippen molar-refractivity contribution in [2.75, 3.05) is 18.6 Å². The van der Waals surface area contributed by atoms with Gasteiger partial charge in [0.1, 0.15) is 24.8 Å². The van der Waals surface area contributed by atoms with Crippen molar-refractivity contribution in [1.29, 1.82) is 0 Å². The number of pyridine rings is 1. The lowest BCUT2D eigenvalue weighted by atomic mass is 9.90. The summed E-state index contributed by atoms with van der Waals surface area (Å²) in [5.74, 6) is -0.714. The second kappa shape index (κ2) is 10.6. The molecule has 0 aliphatic heterocycles. The summed E-state index contributed by atoms with van der Waals surface area (Å²) < 4.78 is 92.3. The molecule has 39 heavy (non-hydrogen) atoms. The number of anilines is 1. The Morgan fingerprint density at radius 2 is 1.82 bits per heavy atom. The number of hydrogen-bond acceptors (Lipinski definition) is 5. The topological polar surface area (TPSA) is 88.9 Å². The number of aromatic nitrogens is 3. The maximum absolute atomic E-state index is 13.5. The van der Waals surface area contributed by atoms with Gasteiger partial charge in [-0.1, -0.05) is 11.6 Å². The van der Waals surface area contributed by atoms with Gasteiger partial charge in [0, 0.05) is 34.4 Å². The molecule has 1 saturated carbocycles. The molecule has 0 bridgehead atoms. The molecule has 3 aromatic rings. The van der Waals surface area contributed by atoms with Gasteiger partial charge in [0.2, 0.25) is 0 Å². The molecule has 0 saturated heterocycles. The van der Waals surface area contributed by atoms with Crippen LogP contribution in [0.4, 0.5) is 32.0 Å². The number of carbonyl (C=O) groups is 1. The van der Waals surface area contributed by atoms with Crippen LogP contribution in [0.1, 0.15) is 41.7 Å². The van der Waals surface area contributed by atoms with E-state index in [1.807, 2.05) is 0 Å². The highest BCUT2D eigenvalue weighted by Gasteiger charge is 2.35. The largest absolute Gasteiger partial charge is 0.433 e. The predicted molar refractivity (Wildman–Crippen MR) is 136 cm³/mol. The van der Waals surface area contributed by atoms with Gasteiger partial charge in [-0.3, -0.25) is 9.48 Å². The Bertz CT molecular complexity index is 1430. The Labute approximate surface area is 224 Å². The van der Waals surface area contributed by atoms with Gasteiger partial charge in [0.05, 0.1) is 11.1 Å². The molecular weight excluding hydrogens is 571 g/mol. The van der Waals surface area contributed by atoms with E-state index in [-0.39, 0.29) is 28.2 Å². The van der Waals surface area contributed by atoms with Gasteiger partial charge in [-0.25, -0.2) is 4.98 Å². The Morgan fingerprint density at radius 1 is 1.13 bits per heavy atom. The Hall–Kier alpha value is -2.79. The van der Waals surface area contributed by atoms with Crippen molar-refractivity contribution in [1.82, 2.24) is 20.1 Å². The summed E-state index contributed by atoms with van der Waals surface area (Å²) in [5.41, 5.74) is -1.15. The van der Waals surface area contributed by atoms with Gasteiger partial charge in [0.15, 0.2) is 0 Å². The number of alkyl halides is 6. The Morgan fingerprint density at radius 3 is 2.46 bits per heavy atom. The van der Waals surface area contributed by atoms with E-state index in [2.05, 4.69) is 20.7 Å². The normalized spacial score (nSPS) is 18.8. The first-order valence-corrected chi connectivity index (χ1v) is 14.9. The molecular formula is C24H25ClF6N5O2P. The van der Waals surface area contributed by atoms with E-state index >= 15 is 0 Å². The van der Waals surface area contributed by atoms with Crippen molar-refractivity contribution in [3.8, 4) is 0 Å². The third kappa shape index (κ3) is 7.25. The van der Waals surface area contributed by atoms with Crippen molar-refractivity contribution in [3.63, 3.8) is 0 Å². The molecule has 0 spiro atoms. The van der Waals surface area contributed by atoms with Gasteiger partial charge in [-0.2, -0.15) is 31.4 Å². The average Bonchev–Trinajstić information content (AvgIpc) is 3.22. The number of halogens is 7. The zero-order valence-electron chi connectivity index (χ0n) is 20.8. The molecule has 1 aromatic carbocycles. The van der Waals surface area contributed by atoms with E-state index in [1.54, 1.807) is 0 Å². The van der Waals surface area contributed by atoms with Gasteiger partial charge in [-0.05, 0) is 63.3 Å². The summed E-state index contributed by atoms with van der Waals surface area (Å²) in [6.45, 7) is 1.18. The smallest absolute Gasteiger partial charge is 0.382 e. The fourth-order valence-corrected chi connectivity index (χ4v) is 5.87. The third-order valence-corrected chi connectivity index (χ3v) is 7.85. The molecule has 4 rings (SSSR count). The van der Waals surface area contributed by atoms with Crippen LogP contribution in [0.2, 0.25) is 5.02 Å². The number of nitrogens with zero attached hydrogens (tertiary/aromatic N) is 3. The zero-order chi connectivity index (χ0) is 28.8. The van der Waals surface area contributed by atoms with Crippen LogP contribution >= 0.6 is 18.7 Å². The van der Waals surface area contributed by atoms with Crippen LogP contribution in [-0.4, -0.2) is 52.3 Å². The first kappa shape index (κ1) is 29.2. The second-order valence-electron chi connectivity index (χ2n) is 9.92. The fraction of sp³-hybridized carbons (Fsp3) is 0.458. The molecule has 2 aromatic heterocycles. The first-order chi connectivity index (χ1) is 18.0. The molecule has 0 radical (unpaired) electrons. The minimum absolute atomic E-state index is 0.115. The standard InChI is InChI=1S/C24H25ClF6N5O2P/c1-39(2,38)22-17(11-36(35-22)12-23(26,27)28)21(37)33-15-5-3-4-14(9-15)32-19-10-20(24(29,30)31)34-18-7-6-13(25)8-16(18)19/h6-8,10-11,14-15H,3-5,9,12H2,1-2H3,(H,32,34)(H,33,37)/t14-,15+/m0/s1. The average molecular weight is 596 g/mol. The van der Waals surface area contributed by atoms with Crippen LogP contribution in [0.25, 0.3) is 10.9 Å². The lowest BCUT2D eigenvalue weighted by molar-refractivity contribution is -0.142. The van der Waals surface area contributed by atoms with Crippen molar-refractivity contribution in [2.45, 2.75) is 56.7 Å². The van der Waals surface area contributed by atoms with Crippen LogP contribution in [-0.2, 0) is 17.3 Å². The Kier molecular flexibility index (Phi) is 7.97. The van der Waals surface area contributed by atoms with E-state index in [0.717, 1.165) is 12.3 Å². The highest BCUT2D eigenvalue weighted by Crippen LogP contribution is 2.37. The van der Waals surface area contributed by atoms with Crippen molar-refractivity contribution in [2.24, 2.45) is 0 Å². The van der Waals surface area contributed by atoms with E-state index < -0.39 is 43.7 Å². The second-order valence-corrected chi connectivity index (χ2v) is 13.5. The molecule has 1 fully saturated rings. The summed E-state index contributed by atoms with van der Waals surface area (Å²) >= 11 is 6.07. The van der Waals surface area contributed by atoms with Crippen LogP contribution in [0.15, 0.2) is 30.5 Å². The summed E-state index contributed by atoms with van der Waals surface area (Å²) in [6, 6.07) is 4.52. The van der Waals surface area contributed by atoms with Gasteiger partial charge >= 0.3 is 12.4 Å². The van der Waals surface area contributed by atoms with Crippen molar-refractivity contribution in [3.05, 3.63) is 46.7 Å². The van der Waals surface area contributed by atoms with Crippen LogP contribution in [0.3, 0.4) is 0 Å². The molecule has 212 valence electrons. The van der Waals surface area contributed by atoms with E-state index in [9.17, 15) is 35.7 Å². The number of hydrogen-bond donors (Lipinski definition) is 2. The molecule has 0 unspecified atom stereocenters. The number of amides is 1. The SMILES string of the molecule is CP(C)(=O)c1nn(CC(F)(F)F)cc1C(=O)N[C@@H]1CCC[C@H](Nc2cc(C(F)(F)F)nc3ccc(Cl)cc23)C1. The number of fused-ring (bicyclic) bond motifs is 1. The molecule has 2 N–H and O–H groups in total. The quantitative estimate of drug-likeness (QED) is 0.267. The van der Waals surface area contributed by atoms with Gasteiger partial charge < -0.3 is 15.2 Å². The predicted octanol–water partition coefficient (Wildman–Crippen LogP) is 6.07. The highest BCUT2D eigenvalue weighted by atomic mass is 35.5. The molecule has 2 heterocycles. The minimum Gasteiger partial charge on any atom is -0.382 e. The van der Waals surface area contributed by atoms with Crippen molar-refractivity contribution < 1.29 is 35.7 Å². The minimum atomic E-state index is -4.67. The lowest BCUT2D eigenvalue weighted by Gasteiger charge is -2.31. The van der Waals surface area contributed by atoms with E-state index in [0.29, 0.717) is 40.8 Å². The maximum Gasteiger partial charge on any atom is 0.433 e. The number of nitrogens with one attached hydrogen (secondary N) is 2. The summed E-state index contributed by atoms with van der Waals surface area (Å²) in [5, 5.41) is 10.4. The summed E-state index contributed by atoms with van der Waals surface area (Å²) in [4.78, 5) is 16.8. The summed E-state index contributed by atoms with van der Waals surface area (Å²) in [6.07, 6.45) is -6.22. The van der Waals surface area contributed by atoms with Gasteiger partial charge in [0.25, 0.3) is 5.91 Å². The van der Waals surface area contributed by atoms with E-state index in [1.165, 1.54) is 31.5 Å². The van der Waals surface area contributed by atoms with Crippen LogP contribution < -0.4 is 16.1 Å². The highest BCUT2D eigenvalue weighted by molar-refractivity contribution is 7.70. The van der Waals surface area contributed by atoms with Gasteiger partial charge in [-0.15, -0.1) is 0 Å². The zero-order valence-corrected chi connectivity index (χ0v) is 22.5. The number of benzene rings is 1. The number of rotatable bonds is 6. The number of carbonyl (C=O) groups excluding carboxylic acids is 1. The van der Waals surface area contributed by atoms with E-state index in [4.69, 9.17) is 11.6 Å². The molecule has 1 amide bonds. The van der Waals surface area contributed by atoms with Crippen LogP contribution in [0.5, 0.6) is 0 Å². The fourth-order valence-electron chi connectivity index (χ4n) is 4.63. The molecule has 2 atom stereocenters. The molecule has 7 nitrogen and oxygen atoms in total. The first-order valence-electron chi connectivity index (χ1n) is 11.9.